The smallest absolute Gasteiger partial charge is 0.328 e. The molecule has 0 fully saturated rings. The number of aliphatic carboxylic acids is 1. The lowest BCUT2D eigenvalue weighted by atomic mass is 10.1. The van der Waals surface area contributed by atoms with Crippen LogP contribution in [0.25, 0.3) is 22.9 Å². The van der Waals surface area contributed by atoms with Gasteiger partial charge in [0.15, 0.2) is 5.65 Å². The quantitative estimate of drug-likeness (QED) is 0.539. The van der Waals surface area contributed by atoms with Gasteiger partial charge in [0.2, 0.25) is 0 Å². The Morgan fingerprint density at radius 2 is 2.07 bits per heavy atom. The molecule has 0 atom stereocenters. The van der Waals surface area contributed by atoms with E-state index in [2.05, 4.69) is 10.1 Å². The summed E-state index contributed by atoms with van der Waals surface area (Å²) in [5, 5.41) is 13.2. The number of hydrogen-bond acceptors (Lipinski definition) is 5. The Hall–Kier alpha value is -4.00. The van der Waals surface area contributed by atoms with Crippen LogP contribution in [0.2, 0.25) is 0 Å². The zero-order chi connectivity index (χ0) is 19.5. The van der Waals surface area contributed by atoms with E-state index in [9.17, 15) is 4.79 Å². The molecule has 3 aromatic heterocycles. The van der Waals surface area contributed by atoms with Crippen LogP contribution in [-0.2, 0) is 4.79 Å². The van der Waals surface area contributed by atoms with Crippen molar-refractivity contribution in [1.29, 1.82) is 0 Å². The molecular formula is C21H17N5O2. The van der Waals surface area contributed by atoms with Gasteiger partial charge in [0.25, 0.3) is 0 Å². The van der Waals surface area contributed by atoms with Crippen LogP contribution >= 0.6 is 0 Å². The predicted molar refractivity (Wildman–Crippen MR) is 107 cm³/mol. The molecule has 0 aliphatic rings. The van der Waals surface area contributed by atoms with E-state index in [4.69, 9.17) is 10.1 Å². The van der Waals surface area contributed by atoms with E-state index in [1.165, 1.54) is 0 Å². The number of carbonyl (C=O) groups is 1. The largest absolute Gasteiger partial charge is 0.478 e. The van der Waals surface area contributed by atoms with Gasteiger partial charge in [-0.2, -0.15) is 5.10 Å². The molecule has 1 N–H and O–H groups in total. The van der Waals surface area contributed by atoms with Crippen LogP contribution in [0, 0.1) is 0 Å². The molecule has 4 rings (SSSR count). The highest BCUT2D eigenvalue weighted by atomic mass is 16.4. The number of hydrogen-bond donors (Lipinski definition) is 1. The lowest BCUT2D eigenvalue weighted by Gasteiger charge is -2.17. The molecule has 0 radical (unpaired) electrons. The number of anilines is 2. The molecule has 0 spiro atoms. The number of benzene rings is 1. The highest BCUT2D eigenvalue weighted by molar-refractivity contribution is 5.86. The Bertz CT molecular complexity index is 1170. The fourth-order valence-electron chi connectivity index (χ4n) is 2.91. The van der Waals surface area contributed by atoms with Gasteiger partial charge in [-0.1, -0.05) is 18.2 Å². The van der Waals surface area contributed by atoms with Crippen molar-refractivity contribution in [3.63, 3.8) is 0 Å². The van der Waals surface area contributed by atoms with Crippen LogP contribution in [0.5, 0.6) is 0 Å². The fourth-order valence-corrected chi connectivity index (χ4v) is 2.91. The average molecular weight is 371 g/mol. The molecule has 7 heteroatoms. The second-order valence-electron chi connectivity index (χ2n) is 6.18. The van der Waals surface area contributed by atoms with Crippen LogP contribution in [0.4, 0.5) is 11.5 Å². The summed E-state index contributed by atoms with van der Waals surface area (Å²) in [4.78, 5) is 21.6. The number of carboxylic acids is 1. The van der Waals surface area contributed by atoms with Gasteiger partial charge in [-0.3, -0.25) is 4.98 Å². The number of rotatable bonds is 5. The van der Waals surface area contributed by atoms with Crippen molar-refractivity contribution in [2.75, 3.05) is 11.9 Å². The van der Waals surface area contributed by atoms with Crippen molar-refractivity contribution in [3.8, 4) is 11.1 Å². The number of pyridine rings is 1. The van der Waals surface area contributed by atoms with Crippen molar-refractivity contribution in [2.24, 2.45) is 0 Å². The second-order valence-corrected chi connectivity index (χ2v) is 6.18. The Morgan fingerprint density at radius 1 is 1.18 bits per heavy atom. The maximum atomic E-state index is 10.8. The molecule has 1 aromatic carbocycles. The van der Waals surface area contributed by atoms with Gasteiger partial charge in [0, 0.05) is 31.1 Å². The van der Waals surface area contributed by atoms with Crippen molar-refractivity contribution >= 4 is 29.2 Å². The van der Waals surface area contributed by atoms with Crippen LogP contribution < -0.4 is 4.90 Å². The number of nitrogens with zero attached hydrogens (tertiary/aromatic N) is 5. The van der Waals surface area contributed by atoms with E-state index in [-0.39, 0.29) is 0 Å². The molecule has 4 aromatic rings. The third kappa shape index (κ3) is 3.45. The average Bonchev–Trinajstić information content (AvgIpc) is 3.16. The van der Waals surface area contributed by atoms with Crippen LogP contribution in [0.3, 0.4) is 0 Å². The van der Waals surface area contributed by atoms with Crippen molar-refractivity contribution in [1.82, 2.24) is 19.6 Å². The third-order valence-electron chi connectivity index (χ3n) is 4.35. The molecule has 0 aliphatic carbocycles. The number of fused-ring (bicyclic) bond motifs is 1. The first-order valence-corrected chi connectivity index (χ1v) is 8.61. The van der Waals surface area contributed by atoms with E-state index < -0.39 is 5.97 Å². The molecule has 0 bridgehead atoms. The molecule has 0 aliphatic heterocycles. The van der Waals surface area contributed by atoms with Gasteiger partial charge in [-0.05, 0) is 41.5 Å². The minimum atomic E-state index is -0.980. The standard InChI is InChI=1S/C21H17N5O2/c1-25(17-6-3-10-22-13-17)19-9-11-26-21(24-19)18(14-23-26)16-5-2-4-15(12-16)7-8-20(27)28/h2-14H,1H3,(H,27,28)/b8-7+. The molecule has 7 nitrogen and oxygen atoms in total. The highest BCUT2D eigenvalue weighted by Gasteiger charge is 2.12. The van der Waals surface area contributed by atoms with Crippen LogP contribution in [0.15, 0.2) is 73.3 Å². The monoisotopic (exact) mass is 371 g/mol. The predicted octanol–water partition coefficient (Wildman–Crippen LogP) is 3.66. The van der Waals surface area contributed by atoms with E-state index >= 15 is 0 Å². The molecule has 0 amide bonds. The summed E-state index contributed by atoms with van der Waals surface area (Å²) < 4.78 is 1.72. The molecule has 138 valence electrons. The first kappa shape index (κ1) is 17.4. The molecule has 3 heterocycles. The molecule has 0 unspecified atom stereocenters. The zero-order valence-electron chi connectivity index (χ0n) is 15.1. The normalized spacial score (nSPS) is 11.2. The fraction of sp³-hybridized carbons (Fsp3) is 0.0476. The molecule has 0 saturated heterocycles. The summed E-state index contributed by atoms with van der Waals surface area (Å²) >= 11 is 0. The first-order valence-electron chi connectivity index (χ1n) is 8.61. The minimum absolute atomic E-state index is 0.715. The summed E-state index contributed by atoms with van der Waals surface area (Å²) in [7, 11) is 1.93. The van der Waals surface area contributed by atoms with E-state index in [0.717, 1.165) is 34.3 Å². The Morgan fingerprint density at radius 3 is 2.86 bits per heavy atom. The maximum Gasteiger partial charge on any atom is 0.328 e. The minimum Gasteiger partial charge on any atom is -0.478 e. The van der Waals surface area contributed by atoms with E-state index in [1.807, 2.05) is 60.6 Å². The third-order valence-corrected chi connectivity index (χ3v) is 4.35. The molecule has 28 heavy (non-hydrogen) atoms. The highest BCUT2D eigenvalue weighted by Crippen LogP contribution is 2.27. The summed E-state index contributed by atoms with van der Waals surface area (Å²) in [6.07, 6.45) is 9.82. The Kier molecular flexibility index (Phi) is 4.55. The lowest BCUT2D eigenvalue weighted by molar-refractivity contribution is -0.131. The van der Waals surface area contributed by atoms with Gasteiger partial charge in [0.1, 0.15) is 5.82 Å². The van der Waals surface area contributed by atoms with Gasteiger partial charge < -0.3 is 10.0 Å². The summed E-state index contributed by atoms with van der Waals surface area (Å²) in [5.74, 6) is -0.213. The van der Waals surface area contributed by atoms with E-state index in [1.54, 1.807) is 29.2 Å². The van der Waals surface area contributed by atoms with Gasteiger partial charge in [-0.25, -0.2) is 14.3 Å². The first-order chi connectivity index (χ1) is 13.6. The molecular weight excluding hydrogens is 354 g/mol. The van der Waals surface area contributed by atoms with Crippen molar-refractivity contribution < 1.29 is 9.90 Å². The Balaban J connectivity index is 1.75. The van der Waals surface area contributed by atoms with Crippen molar-refractivity contribution in [2.45, 2.75) is 0 Å². The summed E-state index contributed by atoms with van der Waals surface area (Å²) in [6.45, 7) is 0. The topological polar surface area (TPSA) is 83.6 Å². The second kappa shape index (κ2) is 7.32. The van der Waals surface area contributed by atoms with Gasteiger partial charge in [-0.15, -0.1) is 0 Å². The summed E-state index contributed by atoms with van der Waals surface area (Å²) in [6, 6.07) is 13.3. The Labute approximate surface area is 161 Å². The number of aromatic nitrogens is 4. The lowest BCUT2D eigenvalue weighted by Crippen LogP contribution is -2.12. The zero-order valence-corrected chi connectivity index (χ0v) is 15.1. The number of carboxylic acid groups (broad SMARTS) is 1. The van der Waals surface area contributed by atoms with Crippen LogP contribution in [0.1, 0.15) is 5.56 Å². The van der Waals surface area contributed by atoms with Gasteiger partial charge in [0.05, 0.1) is 18.1 Å². The SMILES string of the molecule is CN(c1cccnc1)c1ccn2ncc(-c3cccc(/C=C/C(=O)O)c3)c2n1. The van der Waals surface area contributed by atoms with Gasteiger partial charge >= 0.3 is 5.97 Å². The van der Waals surface area contributed by atoms with Crippen molar-refractivity contribution in [3.05, 3.63) is 78.9 Å². The molecule has 0 saturated carbocycles. The summed E-state index contributed by atoms with van der Waals surface area (Å²) in [5.41, 5.74) is 4.22. The van der Waals surface area contributed by atoms with Crippen LogP contribution in [-0.4, -0.2) is 37.7 Å². The van der Waals surface area contributed by atoms with E-state index in [0.29, 0.717) is 5.65 Å². The maximum absolute atomic E-state index is 10.8.